The first-order valence-electron chi connectivity index (χ1n) is 9.27. The van der Waals surface area contributed by atoms with Gasteiger partial charge in [0.15, 0.2) is 5.82 Å². The van der Waals surface area contributed by atoms with Crippen LogP contribution in [0, 0.1) is 5.92 Å². The fourth-order valence-electron chi connectivity index (χ4n) is 3.80. The predicted octanol–water partition coefficient (Wildman–Crippen LogP) is 2.83. The number of carbonyl (C=O) groups excluding carboxylic acids is 1. The second kappa shape index (κ2) is 6.50. The fraction of sp³-hybridized carbons (Fsp3) is 0.722. The van der Waals surface area contributed by atoms with Crippen LogP contribution in [0.1, 0.15) is 50.1 Å². The molecule has 1 amide bonds. The highest BCUT2D eigenvalue weighted by atomic mass is 19.3. The fourth-order valence-corrected chi connectivity index (χ4v) is 3.80. The second-order valence-electron chi connectivity index (χ2n) is 7.56. The molecule has 1 aromatic rings. The standard InChI is InChI=1S/C18H24F2N4O/c19-18(20)7-10-23(11-8-18)17(25)14-2-1-9-24(12-14)16-6-5-15(21-22-16)13-3-4-13/h5-6,13-14H,1-4,7-12H2/t14-/m0/s1. The van der Waals surface area contributed by atoms with Crippen molar-refractivity contribution < 1.29 is 13.6 Å². The van der Waals surface area contributed by atoms with Gasteiger partial charge in [-0.1, -0.05) is 0 Å². The van der Waals surface area contributed by atoms with Crippen LogP contribution in [0.15, 0.2) is 12.1 Å². The molecule has 2 aliphatic heterocycles. The smallest absolute Gasteiger partial charge is 0.251 e. The van der Waals surface area contributed by atoms with Crippen molar-refractivity contribution in [2.75, 3.05) is 31.1 Å². The Morgan fingerprint density at radius 3 is 2.48 bits per heavy atom. The van der Waals surface area contributed by atoms with Crippen molar-refractivity contribution in [3.63, 3.8) is 0 Å². The number of piperidine rings is 2. The number of amides is 1. The number of rotatable bonds is 3. The maximum Gasteiger partial charge on any atom is 0.251 e. The molecule has 1 saturated carbocycles. The number of hydrogen-bond donors (Lipinski definition) is 0. The minimum absolute atomic E-state index is 0.0164. The third-order valence-electron chi connectivity index (χ3n) is 5.57. The second-order valence-corrected chi connectivity index (χ2v) is 7.56. The first-order chi connectivity index (χ1) is 12.0. The van der Waals surface area contributed by atoms with Crippen LogP contribution in [0.4, 0.5) is 14.6 Å². The Bertz CT molecular complexity index is 622. The van der Waals surface area contributed by atoms with E-state index in [1.165, 1.54) is 12.8 Å². The number of likely N-dealkylation sites (tertiary alicyclic amines) is 1. The molecule has 1 aliphatic carbocycles. The van der Waals surface area contributed by atoms with Crippen molar-refractivity contribution in [2.24, 2.45) is 5.92 Å². The molecule has 3 aliphatic rings. The zero-order chi connectivity index (χ0) is 17.4. The van der Waals surface area contributed by atoms with Crippen LogP contribution in [0.3, 0.4) is 0 Å². The van der Waals surface area contributed by atoms with Gasteiger partial charge >= 0.3 is 0 Å². The van der Waals surface area contributed by atoms with Gasteiger partial charge in [-0.05, 0) is 37.8 Å². The largest absolute Gasteiger partial charge is 0.354 e. The van der Waals surface area contributed by atoms with Crippen LogP contribution in [0.5, 0.6) is 0 Å². The molecule has 25 heavy (non-hydrogen) atoms. The Morgan fingerprint density at radius 1 is 1.08 bits per heavy atom. The van der Waals surface area contributed by atoms with Gasteiger partial charge in [-0.3, -0.25) is 4.79 Å². The van der Waals surface area contributed by atoms with Gasteiger partial charge < -0.3 is 9.80 Å². The molecule has 0 radical (unpaired) electrons. The zero-order valence-corrected chi connectivity index (χ0v) is 14.3. The highest BCUT2D eigenvalue weighted by Gasteiger charge is 2.38. The lowest BCUT2D eigenvalue weighted by Crippen LogP contribution is -2.49. The highest BCUT2D eigenvalue weighted by Crippen LogP contribution is 2.39. The van der Waals surface area contributed by atoms with E-state index in [0.717, 1.165) is 30.9 Å². The molecule has 0 aromatic carbocycles. The molecule has 136 valence electrons. The quantitative estimate of drug-likeness (QED) is 0.841. The van der Waals surface area contributed by atoms with Gasteiger partial charge in [-0.2, -0.15) is 5.10 Å². The summed E-state index contributed by atoms with van der Waals surface area (Å²) in [4.78, 5) is 16.4. The molecule has 3 fully saturated rings. The van der Waals surface area contributed by atoms with E-state index in [-0.39, 0.29) is 37.8 Å². The molecular formula is C18H24F2N4O. The average Bonchev–Trinajstić information content (AvgIpc) is 3.47. The summed E-state index contributed by atoms with van der Waals surface area (Å²) in [5.41, 5.74) is 1.06. The first kappa shape index (κ1) is 16.7. The van der Waals surface area contributed by atoms with Gasteiger partial charge in [-0.25, -0.2) is 8.78 Å². The molecule has 0 bridgehead atoms. The summed E-state index contributed by atoms with van der Waals surface area (Å²) in [6.07, 6.45) is 3.68. The minimum atomic E-state index is -2.62. The molecule has 7 heteroatoms. The van der Waals surface area contributed by atoms with Crippen LogP contribution in [0.25, 0.3) is 0 Å². The molecule has 0 spiro atoms. The molecular weight excluding hydrogens is 326 g/mol. The van der Waals surface area contributed by atoms with Gasteiger partial charge in [0.1, 0.15) is 0 Å². The van der Waals surface area contributed by atoms with Crippen molar-refractivity contribution in [2.45, 2.75) is 50.4 Å². The summed E-state index contributed by atoms with van der Waals surface area (Å²) >= 11 is 0. The summed E-state index contributed by atoms with van der Waals surface area (Å²) in [7, 11) is 0. The Labute approximate surface area is 146 Å². The average molecular weight is 350 g/mol. The summed E-state index contributed by atoms with van der Waals surface area (Å²) < 4.78 is 26.6. The number of carbonyl (C=O) groups is 1. The third-order valence-corrected chi connectivity index (χ3v) is 5.57. The van der Waals surface area contributed by atoms with Crippen LogP contribution >= 0.6 is 0 Å². The van der Waals surface area contributed by atoms with Gasteiger partial charge in [0.05, 0.1) is 11.6 Å². The molecule has 0 unspecified atom stereocenters. The number of hydrogen-bond acceptors (Lipinski definition) is 4. The Kier molecular flexibility index (Phi) is 4.33. The van der Waals surface area contributed by atoms with Crippen molar-refractivity contribution in [1.29, 1.82) is 0 Å². The van der Waals surface area contributed by atoms with Gasteiger partial charge in [0.2, 0.25) is 5.91 Å². The number of nitrogens with zero attached hydrogens (tertiary/aromatic N) is 4. The first-order valence-corrected chi connectivity index (χ1v) is 9.27. The van der Waals surface area contributed by atoms with Crippen LogP contribution in [-0.4, -0.2) is 53.1 Å². The van der Waals surface area contributed by atoms with Crippen molar-refractivity contribution in [1.82, 2.24) is 15.1 Å². The lowest BCUT2D eigenvalue weighted by molar-refractivity contribution is -0.141. The molecule has 5 nitrogen and oxygen atoms in total. The van der Waals surface area contributed by atoms with E-state index in [0.29, 0.717) is 12.5 Å². The molecule has 2 saturated heterocycles. The lowest BCUT2D eigenvalue weighted by atomic mass is 9.95. The van der Waals surface area contributed by atoms with Crippen molar-refractivity contribution in [3.8, 4) is 0 Å². The Balaban J connectivity index is 1.37. The minimum Gasteiger partial charge on any atom is -0.354 e. The summed E-state index contributed by atoms with van der Waals surface area (Å²) in [5, 5.41) is 8.66. The number of alkyl halides is 2. The van der Waals surface area contributed by atoms with Crippen molar-refractivity contribution in [3.05, 3.63) is 17.8 Å². The van der Waals surface area contributed by atoms with Gasteiger partial charge in [0.25, 0.3) is 5.92 Å². The lowest BCUT2D eigenvalue weighted by Gasteiger charge is -2.38. The topological polar surface area (TPSA) is 49.3 Å². The maximum atomic E-state index is 13.3. The van der Waals surface area contributed by atoms with Gasteiger partial charge in [-0.15, -0.1) is 5.10 Å². The third kappa shape index (κ3) is 3.75. The molecule has 3 heterocycles. The monoisotopic (exact) mass is 350 g/mol. The summed E-state index contributed by atoms with van der Waals surface area (Å²) in [5.74, 6) is -1.34. The van der Waals surface area contributed by atoms with E-state index in [9.17, 15) is 13.6 Å². The molecule has 1 aromatic heterocycles. The maximum absolute atomic E-state index is 13.3. The van der Waals surface area contributed by atoms with Crippen LogP contribution < -0.4 is 4.90 Å². The molecule has 0 N–H and O–H groups in total. The van der Waals surface area contributed by atoms with Crippen LogP contribution in [0.2, 0.25) is 0 Å². The number of aromatic nitrogens is 2. The van der Waals surface area contributed by atoms with E-state index in [2.05, 4.69) is 15.1 Å². The van der Waals surface area contributed by atoms with E-state index in [1.807, 2.05) is 12.1 Å². The number of anilines is 1. The summed E-state index contributed by atoms with van der Waals surface area (Å²) in [6.45, 7) is 1.79. The van der Waals surface area contributed by atoms with E-state index in [1.54, 1.807) is 4.90 Å². The molecule has 1 atom stereocenters. The van der Waals surface area contributed by atoms with Gasteiger partial charge in [0, 0.05) is 44.9 Å². The SMILES string of the molecule is O=C([C@H]1CCCN(c2ccc(C3CC3)nn2)C1)N1CCC(F)(F)CC1. The predicted molar refractivity (Wildman–Crippen MR) is 89.7 cm³/mol. The molecule has 4 rings (SSSR count). The highest BCUT2D eigenvalue weighted by molar-refractivity contribution is 5.79. The van der Waals surface area contributed by atoms with E-state index >= 15 is 0 Å². The normalized spacial score (nSPS) is 26.6. The zero-order valence-electron chi connectivity index (χ0n) is 14.3. The van der Waals surface area contributed by atoms with Crippen LogP contribution in [-0.2, 0) is 4.79 Å². The van der Waals surface area contributed by atoms with E-state index in [4.69, 9.17) is 0 Å². The Hall–Kier alpha value is -1.79. The van der Waals surface area contributed by atoms with E-state index < -0.39 is 5.92 Å². The summed E-state index contributed by atoms with van der Waals surface area (Å²) in [6, 6.07) is 4.03. The Morgan fingerprint density at radius 2 is 1.84 bits per heavy atom. The number of halogens is 2. The van der Waals surface area contributed by atoms with Crippen molar-refractivity contribution >= 4 is 11.7 Å².